The zero-order chi connectivity index (χ0) is 10.3. The van der Waals surface area contributed by atoms with Crippen LogP contribution < -0.4 is 5.32 Å². The zero-order valence-corrected chi connectivity index (χ0v) is 9.09. The van der Waals surface area contributed by atoms with Crippen molar-refractivity contribution in [3.63, 3.8) is 0 Å². The lowest BCUT2D eigenvalue weighted by Crippen LogP contribution is -2.27. The summed E-state index contributed by atoms with van der Waals surface area (Å²) < 4.78 is 5.05. The largest absolute Gasteiger partial charge is 0.382 e. The number of carbonyl (C=O) groups excluding carboxylic acids is 1. The van der Waals surface area contributed by atoms with Gasteiger partial charge in [-0.25, -0.2) is 0 Å². The Hall–Kier alpha value is -0.570. The van der Waals surface area contributed by atoms with Crippen molar-refractivity contribution >= 4 is 5.91 Å². The highest BCUT2D eigenvalue weighted by molar-refractivity contribution is 5.75. The van der Waals surface area contributed by atoms with Gasteiger partial charge in [-0.2, -0.15) is 0 Å². The summed E-state index contributed by atoms with van der Waals surface area (Å²) in [5.74, 6) is 0.640. The van der Waals surface area contributed by atoms with E-state index in [1.165, 1.54) is 0 Å². The van der Waals surface area contributed by atoms with E-state index in [1.807, 2.05) is 6.92 Å². The molecule has 0 aromatic heterocycles. The first-order chi connectivity index (χ1) is 6.06. The fourth-order valence-electron chi connectivity index (χ4n) is 0.859. The van der Waals surface area contributed by atoms with E-state index >= 15 is 0 Å². The van der Waals surface area contributed by atoms with Crippen molar-refractivity contribution in [2.75, 3.05) is 13.7 Å². The Morgan fingerprint density at radius 3 is 2.46 bits per heavy atom. The molecule has 0 spiro atoms. The Kier molecular flexibility index (Phi) is 6.59. The van der Waals surface area contributed by atoms with E-state index < -0.39 is 0 Å². The minimum Gasteiger partial charge on any atom is -0.382 e. The lowest BCUT2D eigenvalue weighted by atomic mass is 10.2. The quantitative estimate of drug-likeness (QED) is 0.685. The zero-order valence-electron chi connectivity index (χ0n) is 9.09. The minimum absolute atomic E-state index is 0.123. The summed E-state index contributed by atoms with van der Waals surface area (Å²) in [6.07, 6.45) is 1.52. The lowest BCUT2D eigenvalue weighted by Gasteiger charge is -2.10. The molecule has 0 aromatic carbocycles. The molecule has 0 saturated carbocycles. The summed E-state index contributed by atoms with van der Waals surface area (Å²) in [7, 11) is 1.66. The Balaban J connectivity index is 3.40. The Bertz CT molecular complexity index is 146. The molecule has 0 fully saturated rings. The first-order valence-corrected chi connectivity index (χ1v) is 4.85. The number of hydrogen-bond donors (Lipinski definition) is 1. The number of amides is 1. The standard InChI is InChI=1S/C10H21NO2/c1-8(2)7-11-10(12)6-5-9(3)13-4/h8-9H,5-7H2,1-4H3,(H,11,12). The van der Waals surface area contributed by atoms with Crippen LogP contribution in [-0.2, 0) is 9.53 Å². The highest BCUT2D eigenvalue weighted by atomic mass is 16.5. The molecule has 0 aliphatic rings. The van der Waals surface area contributed by atoms with Gasteiger partial charge >= 0.3 is 0 Å². The predicted octanol–water partition coefficient (Wildman–Crippen LogP) is 1.57. The number of methoxy groups -OCH3 is 1. The van der Waals surface area contributed by atoms with Crippen LogP contribution in [0.5, 0.6) is 0 Å². The molecule has 0 aliphatic carbocycles. The summed E-state index contributed by atoms with van der Waals surface area (Å²) in [4.78, 5) is 11.2. The number of nitrogens with one attached hydrogen (secondary N) is 1. The van der Waals surface area contributed by atoms with E-state index in [2.05, 4.69) is 19.2 Å². The van der Waals surface area contributed by atoms with Crippen LogP contribution in [0.4, 0.5) is 0 Å². The van der Waals surface area contributed by atoms with Crippen LogP contribution in [0.25, 0.3) is 0 Å². The molecule has 1 N–H and O–H groups in total. The van der Waals surface area contributed by atoms with Gasteiger partial charge in [0, 0.05) is 20.1 Å². The average molecular weight is 187 g/mol. The summed E-state index contributed by atoms with van der Waals surface area (Å²) in [5, 5.41) is 2.87. The molecular formula is C10H21NO2. The van der Waals surface area contributed by atoms with E-state index in [9.17, 15) is 4.79 Å². The van der Waals surface area contributed by atoms with Crippen molar-refractivity contribution in [3.8, 4) is 0 Å². The summed E-state index contributed by atoms with van der Waals surface area (Å²) in [6.45, 7) is 6.89. The Morgan fingerprint density at radius 1 is 1.38 bits per heavy atom. The van der Waals surface area contributed by atoms with Gasteiger partial charge in [0.25, 0.3) is 0 Å². The summed E-state index contributed by atoms with van der Waals surface area (Å²) >= 11 is 0. The Labute approximate surface area is 80.8 Å². The van der Waals surface area contributed by atoms with Crippen molar-refractivity contribution in [3.05, 3.63) is 0 Å². The van der Waals surface area contributed by atoms with Gasteiger partial charge in [-0.05, 0) is 19.3 Å². The fraction of sp³-hybridized carbons (Fsp3) is 0.900. The third-order valence-electron chi connectivity index (χ3n) is 1.89. The molecular weight excluding hydrogens is 166 g/mol. The maximum absolute atomic E-state index is 11.2. The second-order valence-corrected chi connectivity index (χ2v) is 3.78. The summed E-state index contributed by atoms with van der Waals surface area (Å²) in [6, 6.07) is 0. The van der Waals surface area contributed by atoms with Crippen LogP contribution in [0.15, 0.2) is 0 Å². The third-order valence-corrected chi connectivity index (χ3v) is 1.89. The van der Waals surface area contributed by atoms with Crippen molar-refractivity contribution in [2.45, 2.75) is 39.7 Å². The van der Waals surface area contributed by atoms with Crippen molar-refractivity contribution in [1.82, 2.24) is 5.32 Å². The second kappa shape index (κ2) is 6.89. The van der Waals surface area contributed by atoms with Gasteiger partial charge in [-0.1, -0.05) is 13.8 Å². The summed E-state index contributed by atoms with van der Waals surface area (Å²) in [5.41, 5.74) is 0. The predicted molar refractivity (Wildman–Crippen MR) is 53.6 cm³/mol. The molecule has 0 bridgehead atoms. The van der Waals surface area contributed by atoms with Gasteiger partial charge in [0.05, 0.1) is 6.10 Å². The van der Waals surface area contributed by atoms with E-state index in [-0.39, 0.29) is 12.0 Å². The molecule has 0 heterocycles. The third kappa shape index (κ3) is 7.78. The van der Waals surface area contributed by atoms with Gasteiger partial charge in [0.15, 0.2) is 0 Å². The highest BCUT2D eigenvalue weighted by Crippen LogP contribution is 1.99. The van der Waals surface area contributed by atoms with E-state index in [4.69, 9.17) is 4.74 Å². The number of rotatable bonds is 6. The first-order valence-electron chi connectivity index (χ1n) is 4.85. The number of ether oxygens (including phenoxy) is 1. The highest BCUT2D eigenvalue weighted by Gasteiger charge is 2.05. The van der Waals surface area contributed by atoms with Gasteiger partial charge < -0.3 is 10.1 Å². The number of carbonyl (C=O) groups is 1. The maximum atomic E-state index is 11.2. The van der Waals surface area contributed by atoms with Crippen molar-refractivity contribution < 1.29 is 9.53 Å². The van der Waals surface area contributed by atoms with Crippen molar-refractivity contribution in [2.24, 2.45) is 5.92 Å². The maximum Gasteiger partial charge on any atom is 0.220 e. The van der Waals surface area contributed by atoms with Crippen LogP contribution in [0, 0.1) is 5.92 Å². The smallest absolute Gasteiger partial charge is 0.220 e. The van der Waals surface area contributed by atoms with Crippen LogP contribution in [0.2, 0.25) is 0 Å². The number of hydrogen-bond acceptors (Lipinski definition) is 2. The van der Waals surface area contributed by atoms with E-state index in [0.717, 1.165) is 13.0 Å². The first kappa shape index (κ1) is 12.4. The molecule has 1 amide bonds. The van der Waals surface area contributed by atoms with E-state index in [1.54, 1.807) is 7.11 Å². The molecule has 78 valence electrons. The van der Waals surface area contributed by atoms with Gasteiger partial charge in [-0.3, -0.25) is 4.79 Å². The fourth-order valence-corrected chi connectivity index (χ4v) is 0.859. The molecule has 1 unspecified atom stereocenters. The van der Waals surface area contributed by atoms with Crippen LogP contribution >= 0.6 is 0 Å². The lowest BCUT2D eigenvalue weighted by molar-refractivity contribution is -0.121. The van der Waals surface area contributed by atoms with Crippen molar-refractivity contribution in [1.29, 1.82) is 0 Å². The average Bonchev–Trinajstić information content (AvgIpc) is 2.10. The molecule has 3 heteroatoms. The molecule has 0 aromatic rings. The van der Waals surface area contributed by atoms with Gasteiger partial charge in [0.1, 0.15) is 0 Å². The minimum atomic E-state index is 0.123. The van der Waals surface area contributed by atoms with Crippen LogP contribution in [0.3, 0.4) is 0 Å². The SMILES string of the molecule is COC(C)CCC(=O)NCC(C)C. The monoisotopic (exact) mass is 187 g/mol. The normalized spacial score (nSPS) is 13.0. The van der Waals surface area contributed by atoms with E-state index in [0.29, 0.717) is 12.3 Å². The van der Waals surface area contributed by atoms with Gasteiger partial charge in [-0.15, -0.1) is 0 Å². The van der Waals surface area contributed by atoms with Crippen LogP contribution in [-0.4, -0.2) is 25.7 Å². The molecule has 3 nitrogen and oxygen atoms in total. The molecule has 1 atom stereocenters. The molecule has 0 radical (unpaired) electrons. The molecule has 13 heavy (non-hydrogen) atoms. The molecule has 0 aliphatic heterocycles. The van der Waals surface area contributed by atoms with Gasteiger partial charge in [0.2, 0.25) is 5.91 Å². The molecule has 0 rings (SSSR count). The molecule has 0 saturated heterocycles. The second-order valence-electron chi connectivity index (χ2n) is 3.78. The Morgan fingerprint density at radius 2 is 2.00 bits per heavy atom. The topological polar surface area (TPSA) is 38.3 Å². The van der Waals surface area contributed by atoms with Crippen LogP contribution in [0.1, 0.15) is 33.6 Å².